The van der Waals surface area contributed by atoms with E-state index in [9.17, 15) is 14.7 Å². The number of amides is 1. The van der Waals surface area contributed by atoms with E-state index in [4.69, 9.17) is 5.73 Å². The van der Waals surface area contributed by atoms with Crippen molar-refractivity contribution in [1.82, 2.24) is 5.32 Å². The highest BCUT2D eigenvalue weighted by molar-refractivity contribution is 5.85. The second-order valence-corrected chi connectivity index (χ2v) is 6.20. The van der Waals surface area contributed by atoms with Crippen LogP contribution in [0.2, 0.25) is 0 Å². The summed E-state index contributed by atoms with van der Waals surface area (Å²) in [6, 6.07) is -1.02. The van der Waals surface area contributed by atoms with Gasteiger partial charge in [-0.1, -0.05) is 33.6 Å². The summed E-state index contributed by atoms with van der Waals surface area (Å²) in [5.74, 6) is -1.47. The third-order valence-electron chi connectivity index (χ3n) is 3.56. The Labute approximate surface area is 108 Å². The minimum absolute atomic E-state index is 0.145. The first-order valence-corrected chi connectivity index (χ1v) is 6.52. The third kappa shape index (κ3) is 3.70. The summed E-state index contributed by atoms with van der Waals surface area (Å²) in [7, 11) is 0. The lowest BCUT2D eigenvalue weighted by Gasteiger charge is -2.32. The molecule has 0 aromatic rings. The molecule has 0 aromatic carbocycles. The van der Waals surface area contributed by atoms with Crippen LogP contribution >= 0.6 is 0 Å². The Kier molecular flexibility index (Phi) is 4.73. The SMILES string of the molecule is CC(C)(C)C(NC(=O)C1CCCCC1N)C(=O)O. The summed E-state index contributed by atoms with van der Waals surface area (Å²) in [6.45, 7) is 5.40. The first kappa shape index (κ1) is 15.0. The van der Waals surface area contributed by atoms with Crippen LogP contribution in [-0.4, -0.2) is 29.1 Å². The molecule has 4 N–H and O–H groups in total. The molecule has 0 spiro atoms. The summed E-state index contributed by atoms with van der Waals surface area (Å²) in [4.78, 5) is 23.3. The van der Waals surface area contributed by atoms with E-state index in [0.717, 1.165) is 25.7 Å². The Morgan fingerprint density at radius 2 is 1.83 bits per heavy atom. The molecule has 1 rings (SSSR count). The van der Waals surface area contributed by atoms with Gasteiger partial charge in [0.25, 0.3) is 0 Å². The minimum Gasteiger partial charge on any atom is -0.480 e. The van der Waals surface area contributed by atoms with E-state index < -0.39 is 17.4 Å². The van der Waals surface area contributed by atoms with Gasteiger partial charge in [-0.3, -0.25) is 4.79 Å². The molecule has 0 bridgehead atoms. The summed E-state index contributed by atoms with van der Waals surface area (Å²) in [6.07, 6.45) is 3.63. The maximum absolute atomic E-state index is 12.1. The van der Waals surface area contributed by atoms with Gasteiger partial charge in [-0.15, -0.1) is 0 Å². The number of carbonyl (C=O) groups excluding carboxylic acids is 1. The Morgan fingerprint density at radius 3 is 2.28 bits per heavy atom. The molecule has 1 amide bonds. The lowest BCUT2D eigenvalue weighted by Crippen LogP contribution is -2.53. The van der Waals surface area contributed by atoms with Crippen LogP contribution in [0.15, 0.2) is 0 Å². The monoisotopic (exact) mass is 256 g/mol. The molecule has 0 aromatic heterocycles. The maximum atomic E-state index is 12.1. The highest BCUT2D eigenvalue weighted by Gasteiger charge is 2.36. The smallest absolute Gasteiger partial charge is 0.326 e. The van der Waals surface area contributed by atoms with Crippen LogP contribution in [-0.2, 0) is 9.59 Å². The highest BCUT2D eigenvalue weighted by Crippen LogP contribution is 2.25. The molecule has 5 heteroatoms. The predicted octanol–water partition coefficient (Wildman–Crippen LogP) is 1.12. The van der Waals surface area contributed by atoms with Crippen LogP contribution in [0, 0.1) is 11.3 Å². The molecule has 1 aliphatic carbocycles. The molecule has 3 atom stereocenters. The fraction of sp³-hybridized carbons (Fsp3) is 0.846. The summed E-state index contributed by atoms with van der Waals surface area (Å²) in [5.41, 5.74) is 5.42. The van der Waals surface area contributed by atoms with E-state index in [1.54, 1.807) is 20.8 Å². The quantitative estimate of drug-likeness (QED) is 0.705. The van der Waals surface area contributed by atoms with E-state index in [0.29, 0.717) is 0 Å². The molecule has 104 valence electrons. The van der Waals surface area contributed by atoms with E-state index >= 15 is 0 Å². The molecule has 0 saturated heterocycles. The van der Waals surface area contributed by atoms with Crippen molar-refractivity contribution in [3.8, 4) is 0 Å². The molecular formula is C13H24N2O3. The zero-order chi connectivity index (χ0) is 13.9. The zero-order valence-electron chi connectivity index (χ0n) is 11.4. The maximum Gasteiger partial charge on any atom is 0.326 e. The van der Waals surface area contributed by atoms with E-state index in [-0.39, 0.29) is 17.9 Å². The van der Waals surface area contributed by atoms with Gasteiger partial charge >= 0.3 is 5.97 Å². The fourth-order valence-corrected chi connectivity index (χ4v) is 2.38. The summed E-state index contributed by atoms with van der Waals surface area (Å²) < 4.78 is 0. The Balaban J connectivity index is 2.69. The largest absolute Gasteiger partial charge is 0.480 e. The second-order valence-electron chi connectivity index (χ2n) is 6.20. The topological polar surface area (TPSA) is 92.4 Å². The highest BCUT2D eigenvalue weighted by atomic mass is 16.4. The van der Waals surface area contributed by atoms with Crippen LogP contribution in [0.5, 0.6) is 0 Å². The van der Waals surface area contributed by atoms with Gasteiger partial charge in [0.1, 0.15) is 6.04 Å². The number of aliphatic carboxylic acids is 1. The minimum atomic E-state index is -1.000. The Hall–Kier alpha value is -1.10. The van der Waals surface area contributed by atoms with Crippen LogP contribution in [0.1, 0.15) is 46.5 Å². The van der Waals surface area contributed by atoms with Crippen LogP contribution in [0.25, 0.3) is 0 Å². The summed E-state index contributed by atoms with van der Waals surface area (Å²) in [5, 5.41) is 11.8. The number of hydrogen-bond donors (Lipinski definition) is 3. The van der Waals surface area contributed by atoms with E-state index in [1.807, 2.05) is 0 Å². The van der Waals surface area contributed by atoms with Crippen molar-refractivity contribution < 1.29 is 14.7 Å². The van der Waals surface area contributed by atoms with Gasteiger partial charge in [-0.25, -0.2) is 4.79 Å². The van der Waals surface area contributed by atoms with Crippen molar-refractivity contribution >= 4 is 11.9 Å². The number of nitrogens with two attached hydrogens (primary N) is 1. The zero-order valence-corrected chi connectivity index (χ0v) is 11.4. The number of carbonyl (C=O) groups is 2. The molecule has 1 aliphatic rings. The summed E-state index contributed by atoms with van der Waals surface area (Å²) >= 11 is 0. The van der Waals surface area contributed by atoms with Crippen molar-refractivity contribution in [1.29, 1.82) is 0 Å². The van der Waals surface area contributed by atoms with Gasteiger partial charge in [0.2, 0.25) is 5.91 Å². The molecule has 1 fully saturated rings. The van der Waals surface area contributed by atoms with Gasteiger partial charge in [0.05, 0.1) is 5.92 Å². The molecule has 18 heavy (non-hydrogen) atoms. The third-order valence-corrected chi connectivity index (χ3v) is 3.56. The van der Waals surface area contributed by atoms with E-state index in [1.165, 1.54) is 0 Å². The van der Waals surface area contributed by atoms with Crippen LogP contribution < -0.4 is 11.1 Å². The first-order valence-electron chi connectivity index (χ1n) is 6.52. The second kappa shape index (κ2) is 5.69. The standard InChI is InChI=1S/C13H24N2O3/c1-13(2,3)10(12(17)18)15-11(16)8-6-4-5-7-9(8)14/h8-10H,4-7,14H2,1-3H3,(H,15,16)(H,17,18). The molecule has 1 saturated carbocycles. The molecular weight excluding hydrogens is 232 g/mol. The number of rotatable bonds is 3. The number of carboxylic acid groups (broad SMARTS) is 1. The van der Waals surface area contributed by atoms with Crippen molar-refractivity contribution in [2.24, 2.45) is 17.1 Å². The molecule has 0 radical (unpaired) electrons. The van der Waals surface area contributed by atoms with Crippen molar-refractivity contribution in [2.75, 3.05) is 0 Å². The Bertz CT molecular complexity index is 323. The first-order chi connectivity index (χ1) is 8.23. The molecule has 0 heterocycles. The average Bonchev–Trinajstić information content (AvgIpc) is 2.24. The van der Waals surface area contributed by atoms with Crippen molar-refractivity contribution in [3.05, 3.63) is 0 Å². The number of hydrogen-bond acceptors (Lipinski definition) is 3. The fourth-order valence-electron chi connectivity index (χ4n) is 2.38. The molecule has 5 nitrogen and oxygen atoms in total. The van der Waals surface area contributed by atoms with Crippen molar-refractivity contribution in [2.45, 2.75) is 58.5 Å². The van der Waals surface area contributed by atoms with E-state index in [2.05, 4.69) is 5.32 Å². The van der Waals surface area contributed by atoms with Crippen molar-refractivity contribution in [3.63, 3.8) is 0 Å². The lowest BCUT2D eigenvalue weighted by molar-refractivity contribution is -0.146. The van der Waals surface area contributed by atoms with Gasteiger partial charge in [-0.2, -0.15) is 0 Å². The number of carboxylic acids is 1. The number of nitrogens with one attached hydrogen (secondary N) is 1. The molecule has 0 aliphatic heterocycles. The van der Waals surface area contributed by atoms with Gasteiger partial charge in [0.15, 0.2) is 0 Å². The van der Waals surface area contributed by atoms with Crippen LogP contribution in [0.4, 0.5) is 0 Å². The lowest BCUT2D eigenvalue weighted by atomic mass is 9.82. The van der Waals surface area contributed by atoms with Gasteiger partial charge < -0.3 is 16.2 Å². The Morgan fingerprint density at radius 1 is 1.28 bits per heavy atom. The molecule has 3 unspecified atom stereocenters. The van der Waals surface area contributed by atoms with Gasteiger partial charge in [-0.05, 0) is 18.3 Å². The predicted molar refractivity (Wildman–Crippen MR) is 69.0 cm³/mol. The van der Waals surface area contributed by atoms with Gasteiger partial charge in [0, 0.05) is 6.04 Å². The van der Waals surface area contributed by atoms with Crippen LogP contribution in [0.3, 0.4) is 0 Å². The average molecular weight is 256 g/mol. The normalized spacial score (nSPS) is 26.4.